The third kappa shape index (κ3) is 3.06. The number of rotatable bonds is 5. The molecule has 0 amide bonds. The monoisotopic (exact) mass is 248 g/mol. The van der Waals surface area contributed by atoms with E-state index >= 15 is 0 Å². The summed E-state index contributed by atoms with van der Waals surface area (Å²) in [5.41, 5.74) is 4.03. The predicted molar refractivity (Wildman–Crippen MR) is 71.1 cm³/mol. The van der Waals surface area contributed by atoms with Gasteiger partial charge >= 0.3 is 0 Å². The Bertz CT molecular complexity index is 439. The Morgan fingerprint density at radius 1 is 1.29 bits per heavy atom. The molecule has 0 aliphatic carbocycles. The van der Waals surface area contributed by atoms with Crippen molar-refractivity contribution in [2.75, 3.05) is 7.11 Å². The summed E-state index contributed by atoms with van der Waals surface area (Å²) in [7, 11) is 1.67. The number of methoxy groups -OCH3 is 1. The van der Waals surface area contributed by atoms with Crippen LogP contribution in [0.2, 0.25) is 0 Å². The van der Waals surface area contributed by atoms with Gasteiger partial charge in [0.05, 0.1) is 13.2 Å². The molecule has 90 valence electrons. The fraction of sp³-hybridized carbons (Fsp3) is 0.231. The summed E-state index contributed by atoms with van der Waals surface area (Å²) >= 11 is 1.75. The molecule has 0 spiro atoms. The summed E-state index contributed by atoms with van der Waals surface area (Å²) < 4.78 is 5.14. The van der Waals surface area contributed by atoms with E-state index < -0.39 is 0 Å². The van der Waals surface area contributed by atoms with Crippen molar-refractivity contribution >= 4 is 11.3 Å². The molecule has 2 rings (SSSR count). The van der Waals surface area contributed by atoms with Crippen molar-refractivity contribution < 1.29 is 4.74 Å². The molecule has 1 aromatic heterocycles. The van der Waals surface area contributed by atoms with E-state index in [2.05, 4.69) is 22.9 Å². The van der Waals surface area contributed by atoms with Crippen molar-refractivity contribution in [3.63, 3.8) is 0 Å². The maximum absolute atomic E-state index is 5.62. The van der Waals surface area contributed by atoms with Crippen LogP contribution >= 0.6 is 11.3 Å². The van der Waals surface area contributed by atoms with Crippen LogP contribution in [0, 0.1) is 0 Å². The molecule has 1 atom stereocenters. The Labute approximate surface area is 105 Å². The second-order valence-electron chi connectivity index (χ2n) is 3.78. The Kier molecular flexibility index (Phi) is 4.14. The van der Waals surface area contributed by atoms with Crippen LogP contribution < -0.4 is 16.0 Å². The van der Waals surface area contributed by atoms with Crippen molar-refractivity contribution in [3.05, 3.63) is 52.2 Å². The quantitative estimate of drug-likeness (QED) is 0.631. The number of hydrogen-bond acceptors (Lipinski definition) is 4. The zero-order chi connectivity index (χ0) is 12.1. The van der Waals surface area contributed by atoms with Crippen LogP contribution in [-0.2, 0) is 6.42 Å². The van der Waals surface area contributed by atoms with E-state index in [-0.39, 0.29) is 6.04 Å². The van der Waals surface area contributed by atoms with Crippen LogP contribution in [0.15, 0.2) is 41.8 Å². The third-order valence-electron chi connectivity index (χ3n) is 2.70. The highest BCUT2D eigenvalue weighted by atomic mass is 32.1. The van der Waals surface area contributed by atoms with Gasteiger partial charge in [-0.15, -0.1) is 11.3 Å². The van der Waals surface area contributed by atoms with Gasteiger partial charge in [-0.1, -0.05) is 18.2 Å². The van der Waals surface area contributed by atoms with Crippen molar-refractivity contribution in [3.8, 4) is 5.75 Å². The lowest BCUT2D eigenvalue weighted by atomic mass is 10.0. The second-order valence-corrected chi connectivity index (χ2v) is 4.81. The number of thiophene rings is 1. The van der Waals surface area contributed by atoms with Crippen LogP contribution in [0.4, 0.5) is 0 Å². The number of nitrogens with two attached hydrogens (primary N) is 1. The van der Waals surface area contributed by atoms with E-state index in [0.29, 0.717) is 0 Å². The highest BCUT2D eigenvalue weighted by molar-refractivity contribution is 7.09. The lowest BCUT2D eigenvalue weighted by Gasteiger charge is -2.15. The van der Waals surface area contributed by atoms with Gasteiger partial charge in [0.2, 0.25) is 0 Å². The lowest BCUT2D eigenvalue weighted by Crippen LogP contribution is -2.29. The van der Waals surface area contributed by atoms with E-state index in [1.165, 1.54) is 10.4 Å². The van der Waals surface area contributed by atoms with Gasteiger partial charge < -0.3 is 4.74 Å². The Hall–Kier alpha value is -1.36. The fourth-order valence-corrected chi connectivity index (χ4v) is 2.49. The van der Waals surface area contributed by atoms with Gasteiger partial charge in [0.15, 0.2) is 0 Å². The van der Waals surface area contributed by atoms with Gasteiger partial charge in [0, 0.05) is 11.3 Å². The van der Waals surface area contributed by atoms with Gasteiger partial charge in [0.1, 0.15) is 5.75 Å². The smallest absolute Gasteiger partial charge is 0.118 e. The van der Waals surface area contributed by atoms with Crippen LogP contribution in [0.25, 0.3) is 0 Å². The molecule has 0 aliphatic rings. The summed E-state index contributed by atoms with van der Waals surface area (Å²) in [6.07, 6.45) is 0.903. The topological polar surface area (TPSA) is 47.3 Å². The number of ether oxygens (including phenoxy) is 1. The first-order valence-electron chi connectivity index (χ1n) is 5.46. The van der Waals surface area contributed by atoms with Crippen molar-refractivity contribution in [2.45, 2.75) is 12.5 Å². The summed E-state index contributed by atoms with van der Waals surface area (Å²) in [5, 5.41) is 2.08. The molecule has 3 nitrogen and oxygen atoms in total. The number of hydrazine groups is 1. The van der Waals surface area contributed by atoms with Gasteiger partial charge in [-0.2, -0.15) is 0 Å². The zero-order valence-corrected chi connectivity index (χ0v) is 10.5. The minimum absolute atomic E-state index is 0.138. The summed E-state index contributed by atoms with van der Waals surface area (Å²) in [5.74, 6) is 6.48. The lowest BCUT2D eigenvalue weighted by molar-refractivity contribution is 0.414. The van der Waals surface area contributed by atoms with E-state index in [4.69, 9.17) is 10.6 Å². The molecule has 0 bridgehead atoms. The van der Waals surface area contributed by atoms with Crippen molar-refractivity contribution in [2.24, 2.45) is 5.84 Å². The average molecular weight is 248 g/mol. The van der Waals surface area contributed by atoms with Crippen LogP contribution in [0.1, 0.15) is 16.5 Å². The Balaban J connectivity index is 2.11. The minimum Gasteiger partial charge on any atom is -0.497 e. The van der Waals surface area contributed by atoms with Crippen molar-refractivity contribution in [1.82, 2.24) is 5.43 Å². The molecule has 0 fully saturated rings. The van der Waals surface area contributed by atoms with E-state index in [1.807, 2.05) is 24.3 Å². The SMILES string of the molecule is COc1ccc(C(Cc2cccs2)NN)cc1. The fourth-order valence-electron chi connectivity index (χ4n) is 1.74. The number of benzene rings is 1. The average Bonchev–Trinajstić information content (AvgIpc) is 2.89. The summed E-state index contributed by atoms with van der Waals surface area (Å²) in [6.45, 7) is 0. The predicted octanol–water partition coefficient (Wildman–Crippen LogP) is 2.50. The normalized spacial score (nSPS) is 12.4. The third-order valence-corrected chi connectivity index (χ3v) is 3.60. The first-order chi connectivity index (χ1) is 8.33. The molecule has 0 radical (unpaired) electrons. The molecule has 17 heavy (non-hydrogen) atoms. The zero-order valence-electron chi connectivity index (χ0n) is 9.72. The van der Waals surface area contributed by atoms with E-state index in [1.54, 1.807) is 18.4 Å². The van der Waals surface area contributed by atoms with E-state index in [0.717, 1.165) is 12.2 Å². The number of nitrogens with one attached hydrogen (secondary N) is 1. The van der Waals surface area contributed by atoms with E-state index in [9.17, 15) is 0 Å². The maximum Gasteiger partial charge on any atom is 0.118 e. The molecule has 0 saturated heterocycles. The van der Waals surface area contributed by atoms with Crippen LogP contribution in [-0.4, -0.2) is 7.11 Å². The van der Waals surface area contributed by atoms with Gasteiger partial charge in [-0.3, -0.25) is 11.3 Å². The Morgan fingerprint density at radius 3 is 2.59 bits per heavy atom. The summed E-state index contributed by atoms with van der Waals surface area (Å²) in [4.78, 5) is 1.32. The van der Waals surface area contributed by atoms with Crippen molar-refractivity contribution in [1.29, 1.82) is 0 Å². The minimum atomic E-state index is 0.138. The highest BCUT2D eigenvalue weighted by Crippen LogP contribution is 2.22. The molecular weight excluding hydrogens is 232 g/mol. The summed E-state index contributed by atoms with van der Waals surface area (Å²) in [6, 6.07) is 12.3. The molecular formula is C13H16N2OS. The van der Waals surface area contributed by atoms with Crippen LogP contribution in [0.3, 0.4) is 0 Å². The van der Waals surface area contributed by atoms with Gasteiger partial charge in [-0.05, 0) is 29.1 Å². The van der Waals surface area contributed by atoms with Gasteiger partial charge in [-0.25, -0.2) is 0 Å². The molecule has 0 saturated carbocycles. The molecule has 1 unspecified atom stereocenters. The number of hydrogen-bond donors (Lipinski definition) is 2. The maximum atomic E-state index is 5.62. The molecule has 2 aromatic rings. The van der Waals surface area contributed by atoms with Crippen LogP contribution in [0.5, 0.6) is 5.75 Å². The molecule has 4 heteroatoms. The highest BCUT2D eigenvalue weighted by Gasteiger charge is 2.11. The first-order valence-corrected chi connectivity index (χ1v) is 6.34. The largest absolute Gasteiger partial charge is 0.497 e. The molecule has 3 N–H and O–H groups in total. The van der Waals surface area contributed by atoms with Gasteiger partial charge in [0.25, 0.3) is 0 Å². The molecule has 1 aromatic carbocycles. The Morgan fingerprint density at radius 2 is 2.06 bits per heavy atom. The first kappa shape index (κ1) is 12.1. The molecule has 1 heterocycles. The standard InChI is InChI=1S/C13H16N2OS/c1-16-11-6-4-10(5-7-11)13(15-14)9-12-3-2-8-17-12/h2-8,13,15H,9,14H2,1H3. The second kappa shape index (κ2) is 5.82. The molecule has 0 aliphatic heterocycles.